The fourth-order valence-electron chi connectivity index (χ4n) is 3.10. The van der Waals surface area contributed by atoms with Crippen molar-refractivity contribution in [2.45, 2.75) is 45.7 Å². The summed E-state index contributed by atoms with van der Waals surface area (Å²) in [6.07, 6.45) is 2.99. The molecule has 164 valence electrons. The summed E-state index contributed by atoms with van der Waals surface area (Å²) in [7, 11) is 0. The van der Waals surface area contributed by atoms with Gasteiger partial charge in [0.1, 0.15) is 11.3 Å². The molecule has 1 aromatic heterocycles. The number of aromatic nitrogens is 1. The number of hydrogen-bond donors (Lipinski definition) is 3. The van der Waals surface area contributed by atoms with Gasteiger partial charge >= 0.3 is 6.09 Å². The SMILES string of the molecule is CC(C)CCNC(=O)[C@](C)(Cc1ccc(O)cc1)N(Cc1ccncc1)C(=O)O.Cl. The molecule has 0 saturated carbocycles. The number of carbonyl (C=O) groups excluding carboxylic acids is 1. The highest BCUT2D eigenvalue weighted by molar-refractivity contribution is 5.89. The third kappa shape index (κ3) is 6.91. The maximum atomic E-state index is 13.2. The summed E-state index contributed by atoms with van der Waals surface area (Å²) in [6, 6.07) is 9.91. The minimum atomic E-state index is -1.33. The molecular formula is C22H30ClN3O4. The number of aromatic hydroxyl groups is 1. The van der Waals surface area contributed by atoms with Gasteiger partial charge in [-0.2, -0.15) is 0 Å². The maximum absolute atomic E-state index is 13.2. The number of rotatable bonds is 9. The molecule has 0 fully saturated rings. The molecule has 8 heteroatoms. The average molecular weight is 436 g/mol. The van der Waals surface area contributed by atoms with Gasteiger partial charge < -0.3 is 15.5 Å². The van der Waals surface area contributed by atoms with Crippen LogP contribution in [0.15, 0.2) is 48.8 Å². The Labute approximate surface area is 183 Å². The van der Waals surface area contributed by atoms with Crippen LogP contribution in [0.5, 0.6) is 5.75 Å². The highest BCUT2D eigenvalue weighted by atomic mass is 35.5. The number of nitrogens with zero attached hydrogens (tertiary/aromatic N) is 2. The Hall–Kier alpha value is -2.80. The second kappa shape index (κ2) is 11.4. The fourth-order valence-corrected chi connectivity index (χ4v) is 3.10. The second-order valence-corrected chi connectivity index (χ2v) is 7.78. The molecule has 1 atom stereocenters. The van der Waals surface area contributed by atoms with Crippen molar-refractivity contribution >= 4 is 24.4 Å². The Morgan fingerprint density at radius 3 is 2.23 bits per heavy atom. The zero-order valence-electron chi connectivity index (χ0n) is 17.5. The first kappa shape index (κ1) is 25.2. The summed E-state index contributed by atoms with van der Waals surface area (Å²) in [5.74, 6) is 0.192. The first-order valence-electron chi connectivity index (χ1n) is 9.68. The van der Waals surface area contributed by atoms with Crippen LogP contribution in [0.4, 0.5) is 4.79 Å². The number of amides is 2. The Morgan fingerprint density at radius 2 is 1.70 bits per heavy atom. The molecule has 0 radical (unpaired) electrons. The number of hydrogen-bond acceptors (Lipinski definition) is 4. The summed E-state index contributed by atoms with van der Waals surface area (Å²) < 4.78 is 0. The van der Waals surface area contributed by atoms with Crippen molar-refractivity contribution in [1.29, 1.82) is 0 Å². The van der Waals surface area contributed by atoms with Crippen LogP contribution >= 0.6 is 12.4 Å². The van der Waals surface area contributed by atoms with E-state index in [0.29, 0.717) is 12.5 Å². The van der Waals surface area contributed by atoms with Crippen LogP contribution in [0.3, 0.4) is 0 Å². The molecular weight excluding hydrogens is 406 g/mol. The average Bonchev–Trinajstić information content (AvgIpc) is 2.68. The Morgan fingerprint density at radius 1 is 1.10 bits per heavy atom. The lowest BCUT2D eigenvalue weighted by Crippen LogP contribution is -2.59. The van der Waals surface area contributed by atoms with Gasteiger partial charge in [-0.3, -0.25) is 14.7 Å². The molecule has 0 bridgehead atoms. The first-order valence-corrected chi connectivity index (χ1v) is 9.68. The summed E-state index contributed by atoms with van der Waals surface area (Å²) in [5.41, 5.74) is 0.169. The first-order chi connectivity index (χ1) is 13.7. The molecule has 2 amide bonds. The van der Waals surface area contributed by atoms with Crippen molar-refractivity contribution in [2.75, 3.05) is 6.54 Å². The summed E-state index contributed by atoms with van der Waals surface area (Å²) in [6.45, 7) is 6.30. The standard InChI is InChI=1S/C22H29N3O4.ClH/c1-16(2)8-13-24-20(27)22(3,14-17-4-6-19(26)7-5-17)25(21(28)29)15-18-9-11-23-12-10-18;/h4-7,9-12,16,26H,8,13-15H2,1-3H3,(H,24,27)(H,28,29);1H/t22-;/m0./s1. The van der Waals surface area contributed by atoms with Gasteiger partial charge in [0.05, 0.1) is 6.54 Å². The Balaban J connectivity index is 0.00000450. The lowest BCUT2D eigenvalue weighted by molar-refractivity contribution is -0.132. The van der Waals surface area contributed by atoms with Crippen LogP contribution in [0, 0.1) is 5.92 Å². The van der Waals surface area contributed by atoms with E-state index in [-0.39, 0.29) is 37.0 Å². The normalized spacial score (nSPS) is 12.5. The molecule has 2 aromatic rings. The molecule has 0 spiro atoms. The third-order valence-electron chi connectivity index (χ3n) is 4.90. The van der Waals surface area contributed by atoms with Gasteiger partial charge in [-0.15, -0.1) is 12.4 Å². The molecule has 1 aromatic carbocycles. The van der Waals surface area contributed by atoms with E-state index in [4.69, 9.17) is 0 Å². The topological polar surface area (TPSA) is 103 Å². The number of phenolic OH excluding ortho intramolecular Hbond substituents is 1. The highest BCUT2D eigenvalue weighted by Gasteiger charge is 2.42. The van der Waals surface area contributed by atoms with Gasteiger partial charge in [-0.25, -0.2) is 4.79 Å². The van der Waals surface area contributed by atoms with Crippen molar-refractivity contribution in [1.82, 2.24) is 15.2 Å². The van der Waals surface area contributed by atoms with E-state index in [1.807, 2.05) is 0 Å². The predicted molar refractivity (Wildman–Crippen MR) is 118 cm³/mol. The van der Waals surface area contributed by atoms with E-state index in [2.05, 4.69) is 24.1 Å². The molecule has 7 nitrogen and oxygen atoms in total. The Bertz CT molecular complexity index is 815. The molecule has 0 aliphatic carbocycles. The molecule has 2 rings (SSSR count). The number of phenols is 1. The predicted octanol–water partition coefficient (Wildman–Crippen LogP) is 3.85. The van der Waals surface area contributed by atoms with Crippen LogP contribution in [0.2, 0.25) is 0 Å². The lowest BCUT2D eigenvalue weighted by atomic mass is 9.89. The van der Waals surface area contributed by atoms with Crippen LogP contribution in [0.1, 0.15) is 38.3 Å². The van der Waals surface area contributed by atoms with Gasteiger partial charge in [0.2, 0.25) is 5.91 Å². The van der Waals surface area contributed by atoms with Gasteiger partial charge in [-0.05, 0) is 54.7 Å². The van der Waals surface area contributed by atoms with Crippen molar-refractivity contribution in [3.8, 4) is 5.75 Å². The minimum Gasteiger partial charge on any atom is -0.508 e. The summed E-state index contributed by atoms with van der Waals surface area (Å²) >= 11 is 0. The molecule has 3 N–H and O–H groups in total. The summed E-state index contributed by atoms with van der Waals surface area (Å²) in [4.78, 5) is 30.5. The molecule has 0 unspecified atom stereocenters. The fraction of sp³-hybridized carbons (Fsp3) is 0.409. The van der Waals surface area contributed by atoms with E-state index in [1.54, 1.807) is 43.6 Å². The zero-order valence-corrected chi connectivity index (χ0v) is 18.4. The number of pyridine rings is 1. The van der Waals surface area contributed by atoms with Crippen LogP contribution in [-0.4, -0.2) is 44.2 Å². The quantitative estimate of drug-likeness (QED) is 0.555. The minimum absolute atomic E-state index is 0. The van der Waals surface area contributed by atoms with Crippen LogP contribution in [-0.2, 0) is 17.8 Å². The maximum Gasteiger partial charge on any atom is 0.408 e. The number of benzene rings is 1. The van der Waals surface area contributed by atoms with Crippen molar-refractivity contribution in [3.63, 3.8) is 0 Å². The second-order valence-electron chi connectivity index (χ2n) is 7.78. The van der Waals surface area contributed by atoms with E-state index < -0.39 is 11.6 Å². The third-order valence-corrected chi connectivity index (χ3v) is 4.90. The van der Waals surface area contributed by atoms with E-state index in [9.17, 15) is 19.8 Å². The van der Waals surface area contributed by atoms with Crippen LogP contribution in [0.25, 0.3) is 0 Å². The molecule has 0 aliphatic rings. The van der Waals surface area contributed by atoms with Gasteiger partial charge in [0.15, 0.2) is 0 Å². The largest absolute Gasteiger partial charge is 0.508 e. The van der Waals surface area contributed by atoms with Crippen molar-refractivity contribution in [3.05, 3.63) is 59.9 Å². The highest BCUT2D eigenvalue weighted by Crippen LogP contribution is 2.25. The van der Waals surface area contributed by atoms with Gasteiger partial charge in [-0.1, -0.05) is 26.0 Å². The molecule has 0 aliphatic heterocycles. The van der Waals surface area contributed by atoms with Gasteiger partial charge in [0.25, 0.3) is 0 Å². The zero-order chi connectivity index (χ0) is 21.4. The molecule has 1 heterocycles. The van der Waals surface area contributed by atoms with Crippen molar-refractivity contribution in [2.24, 2.45) is 5.92 Å². The number of nitrogens with one attached hydrogen (secondary N) is 1. The molecule has 0 saturated heterocycles. The Kier molecular flexibility index (Phi) is 9.59. The van der Waals surface area contributed by atoms with Gasteiger partial charge in [0, 0.05) is 25.4 Å². The number of carboxylic acid groups (broad SMARTS) is 1. The number of carbonyl (C=O) groups is 2. The smallest absolute Gasteiger partial charge is 0.408 e. The van der Waals surface area contributed by atoms with E-state index in [0.717, 1.165) is 17.5 Å². The number of halogens is 1. The monoisotopic (exact) mass is 435 g/mol. The molecule has 30 heavy (non-hydrogen) atoms. The van der Waals surface area contributed by atoms with E-state index in [1.165, 1.54) is 17.0 Å². The van der Waals surface area contributed by atoms with Crippen LogP contribution < -0.4 is 5.32 Å². The van der Waals surface area contributed by atoms with E-state index >= 15 is 0 Å². The lowest BCUT2D eigenvalue weighted by Gasteiger charge is -2.38. The summed E-state index contributed by atoms with van der Waals surface area (Å²) in [5, 5.41) is 22.4. The van der Waals surface area contributed by atoms with Crippen molar-refractivity contribution < 1.29 is 19.8 Å².